The van der Waals surface area contributed by atoms with Crippen molar-refractivity contribution in [2.75, 3.05) is 0 Å². The Bertz CT molecular complexity index is 1950. The molecule has 1 unspecified atom stereocenters. The van der Waals surface area contributed by atoms with Crippen LogP contribution in [0.15, 0.2) is 119 Å². The van der Waals surface area contributed by atoms with Crippen molar-refractivity contribution >= 4 is 57.0 Å². The van der Waals surface area contributed by atoms with E-state index in [4.69, 9.17) is 0 Å². The maximum atomic E-state index is 4.12. The number of allylic oxidation sites excluding steroid dienone is 4. The van der Waals surface area contributed by atoms with Crippen LogP contribution in [-0.4, -0.2) is 35.5 Å². The van der Waals surface area contributed by atoms with E-state index in [2.05, 4.69) is 202 Å². The van der Waals surface area contributed by atoms with Gasteiger partial charge in [0.25, 0.3) is 0 Å². The molecule has 288 valence electrons. The average molecular weight is 904 g/mol. The van der Waals surface area contributed by atoms with Gasteiger partial charge in [-0.3, -0.25) is 6.08 Å². The average Bonchev–Trinajstić information content (AvgIpc) is 3.69. The fraction of sp³-hybridized carbons (Fsp3) is 0.362. The second-order valence-corrected chi connectivity index (χ2v) is 40.2. The van der Waals surface area contributed by atoms with Crippen LogP contribution in [0.4, 0.5) is 0 Å². The van der Waals surface area contributed by atoms with Crippen molar-refractivity contribution in [3.05, 3.63) is 147 Å². The summed E-state index contributed by atoms with van der Waals surface area (Å²) in [5, 5.41) is 11.0. The standard InChI is InChI=1S/C17H37Si4.C17H17.C13H10.2ClH.Zr/c1-18(2,3)14-13-15(19(4,5)6)17(21(10,11)12)16(14)20(7,8)9;1-3-12-5-7-16-14(9-12)11-15-10-13(4-2)6-8-17(15)16;1-3-7-12(8-4-1)11-13-9-5-2-6-10-13;;;/h14H,1-12H3;5-11H,3-4H2,1-2H3;1-10H;2*1H;/q2*-1;;;;+2/p-2. The molecule has 0 amide bonds. The van der Waals surface area contributed by atoms with Crippen LogP contribution in [0.5, 0.6) is 0 Å². The predicted molar refractivity (Wildman–Crippen MR) is 243 cm³/mol. The first-order chi connectivity index (χ1) is 24.2. The van der Waals surface area contributed by atoms with Gasteiger partial charge in [0.05, 0.1) is 8.07 Å². The van der Waals surface area contributed by atoms with Crippen molar-refractivity contribution in [2.45, 2.75) is 111 Å². The van der Waals surface area contributed by atoms with Crippen molar-refractivity contribution in [2.24, 2.45) is 0 Å². The Morgan fingerprint density at radius 1 is 0.574 bits per heavy atom. The SMILES string of the molecule is CCc1ccc2c(c1)[cH-]c1cc(CC)ccc12.C[Si](C)(C)C1=[C-]C([Si](C)(C)C)C([Si](C)(C)C)=C1[Si](C)(C)C.[Cl-].[Cl-].[Zr+2]=[C](c1ccccc1)c1ccccc1. The third-order valence-electron chi connectivity index (χ3n) is 10.0. The molecule has 1 aliphatic rings. The zero-order valence-electron chi connectivity index (χ0n) is 35.6. The van der Waals surface area contributed by atoms with Gasteiger partial charge in [-0.05, 0) is 20.9 Å². The molecule has 0 radical (unpaired) electrons. The van der Waals surface area contributed by atoms with Crippen LogP contribution in [0.3, 0.4) is 0 Å². The minimum absolute atomic E-state index is 0. The molecule has 0 nitrogen and oxygen atoms in total. The van der Waals surface area contributed by atoms with Gasteiger partial charge in [-0.1, -0.05) is 128 Å². The van der Waals surface area contributed by atoms with E-state index in [9.17, 15) is 0 Å². The zero-order valence-corrected chi connectivity index (χ0v) is 43.5. The number of hydrogen-bond acceptors (Lipinski definition) is 0. The molecule has 0 N–H and O–H groups in total. The van der Waals surface area contributed by atoms with Crippen molar-refractivity contribution in [1.29, 1.82) is 0 Å². The molecule has 7 heteroatoms. The van der Waals surface area contributed by atoms with E-state index in [1.807, 2.05) is 10.4 Å². The molecule has 0 heterocycles. The summed E-state index contributed by atoms with van der Waals surface area (Å²) >= 11 is 1.46. The molecule has 0 aliphatic heterocycles. The number of fused-ring (bicyclic) bond motifs is 3. The van der Waals surface area contributed by atoms with E-state index in [1.54, 1.807) is 5.20 Å². The van der Waals surface area contributed by atoms with E-state index in [-0.39, 0.29) is 24.8 Å². The van der Waals surface area contributed by atoms with E-state index in [1.165, 1.54) is 71.2 Å². The van der Waals surface area contributed by atoms with E-state index < -0.39 is 32.3 Å². The van der Waals surface area contributed by atoms with Gasteiger partial charge in [0, 0.05) is 16.1 Å². The molecule has 0 bridgehead atoms. The Balaban J connectivity index is 0.000000280. The van der Waals surface area contributed by atoms with Gasteiger partial charge in [-0.15, -0.1) is 45.3 Å². The summed E-state index contributed by atoms with van der Waals surface area (Å²) in [6, 6.07) is 37.1. The molecule has 0 saturated carbocycles. The maximum absolute atomic E-state index is 4.12. The van der Waals surface area contributed by atoms with Gasteiger partial charge in [0.1, 0.15) is 0 Å². The summed E-state index contributed by atoms with van der Waals surface area (Å²) in [6.45, 7) is 34.9. The molecule has 0 aromatic heterocycles. The minimum atomic E-state index is -1.32. The summed E-state index contributed by atoms with van der Waals surface area (Å²) in [6.07, 6.45) is 6.34. The van der Waals surface area contributed by atoms with Crippen molar-refractivity contribution in [3.8, 4) is 0 Å². The van der Waals surface area contributed by atoms with Crippen LogP contribution < -0.4 is 24.8 Å². The summed E-state index contributed by atoms with van der Waals surface area (Å²) in [7, 11) is -5.18. The quantitative estimate of drug-likeness (QED) is 0.110. The first kappa shape index (κ1) is 48.6. The van der Waals surface area contributed by atoms with Gasteiger partial charge in [-0.2, -0.15) is 5.20 Å². The first-order valence-corrected chi connectivity index (χ1v) is 34.7. The molecular formula is C47H64Cl2Si4Zr-2. The third kappa shape index (κ3) is 12.2. The summed E-state index contributed by atoms with van der Waals surface area (Å²) in [5.74, 6) is 0. The summed E-state index contributed by atoms with van der Waals surface area (Å²) in [4.78, 5) is 0. The van der Waals surface area contributed by atoms with Crippen LogP contribution >= 0.6 is 0 Å². The molecule has 6 rings (SSSR count). The summed E-state index contributed by atoms with van der Waals surface area (Å²) < 4.78 is 1.42. The number of hydrogen-bond donors (Lipinski definition) is 0. The normalized spacial score (nSPS) is 14.7. The monoisotopic (exact) mass is 900 g/mol. The van der Waals surface area contributed by atoms with Gasteiger partial charge in [0.2, 0.25) is 0 Å². The van der Waals surface area contributed by atoms with Crippen molar-refractivity contribution in [3.63, 3.8) is 0 Å². The second kappa shape index (κ2) is 19.7. The predicted octanol–water partition coefficient (Wildman–Crippen LogP) is 8.01. The second-order valence-electron chi connectivity index (χ2n) is 18.7. The molecule has 0 fully saturated rings. The summed E-state index contributed by atoms with van der Waals surface area (Å²) in [5.41, 5.74) is 6.19. The van der Waals surface area contributed by atoms with Crippen LogP contribution in [-0.2, 0) is 37.1 Å². The molecule has 5 aromatic carbocycles. The van der Waals surface area contributed by atoms with Crippen LogP contribution in [0.25, 0.3) is 21.5 Å². The van der Waals surface area contributed by atoms with E-state index in [0.29, 0.717) is 5.54 Å². The van der Waals surface area contributed by atoms with Gasteiger partial charge in [-0.25, -0.2) is 10.4 Å². The number of halogens is 2. The topological polar surface area (TPSA) is 0 Å². The fourth-order valence-electron chi connectivity index (χ4n) is 7.33. The van der Waals surface area contributed by atoms with Gasteiger partial charge in [0.15, 0.2) is 0 Å². The number of benzene rings is 4. The van der Waals surface area contributed by atoms with Gasteiger partial charge < -0.3 is 24.8 Å². The Labute approximate surface area is 360 Å². The van der Waals surface area contributed by atoms with Crippen LogP contribution in [0, 0.1) is 6.08 Å². The van der Waals surface area contributed by atoms with Crippen molar-refractivity contribution in [1.82, 2.24) is 0 Å². The molecule has 1 atom stereocenters. The van der Waals surface area contributed by atoms with Crippen LogP contribution in [0.2, 0.25) is 84.1 Å². The van der Waals surface area contributed by atoms with E-state index in [0.717, 1.165) is 12.8 Å². The Morgan fingerprint density at radius 2 is 0.981 bits per heavy atom. The molecule has 5 aromatic rings. The van der Waals surface area contributed by atoms with Crippen LogP contribution in [0.1, 0.15) is 36.1 Å². The Hall–Kier alpha value is -1.57. The fourth-order valence-corrected chi connectivity index (χ4v) is 22.3. The van der Waals surface area contributed by atoms with Crippen molar-refractivity contribution < 1.29 is 49.0 Å². The zero-order chi connectivity index (χ0) is 38.6. The first-order valence-electron chi connectivity index (χ1n) is 19.4. The molecule has 1 aliphatic carbocycles. The molecular weight excluding hydrogens is 839 g/mol. The molecule has 54 heavy (non-hydrogen) atoms. The molecule has 0 spiro atoms. The number of aryl methyl sites for hydroxylation is 2. The Kier molecular flexibility index (Phi) is 17.7. The third-order valence-corrected chi connectivity index (χ3v) is 20.5. The number of rotatable bonds is 8. The van der Waals surface area contributed by atoms with E-state index >= 15 is 0 Å². The van der Waals surface area contributed by atoms with Gasteiger partial charge >= 0.3 is 99.2 Å². The Morgan fingerprint density at radius 3 is 1.30 bits per heavy atom. The molecule has 0 saturated heterocycles.